The van der Waals surface area contributed by atoms with E-state index in [1.54, 1.807) is 22.9 Å². The van der Waals surface area contributed by atoms with Gasteiger partial charge in [-0.1, -0.05) is 23.7 Å². The van der Waals surface area contributed by atoms with E-state index in [9.17, 15) is 9.90 Å². The van der Waals surface area contributed by atoms with Crippen molar-refractivity contribution in [1.29, 1.82) is 0 Å². The van der Waals surface area contributed by atoms with Crippen LogP contribution < -0.4 is 0 Å². The van der Waals surface area contributed by atoms with Crippen molar-refractivity contribution in [3.63, 3.8) is 0 Å². The fraction of sp³-hybridized carbons (Fsp3) is 0.286. The summed E-state index contributed by atoms with van der Waals surface area (Å²) in [4.78, 5) is 12.0. The number of aromatic hydroxyl groups is 1. The van der Waals surface area contributed by atoms with Gasteiger partial charge in [0.05, 0.1) is 22.0 Å². The first-order chi connectivity index (χ1) is 9.00. The maximum atomic E-state index is 12.0. The van der Waals surface area contributed by atoms with Crippen LogP contribution in [0.25, 0.3) is 0 Å². The van der Waals surface area contributed by atoms with Crippen molar-refractivity contribution in [2.75, 3.05) is 0 Å². The maximum Gasteiger partial charge on any atom is 0.168 e. The average Bonchev–Trinajstić information content (AvgIpc) is 2.64. The molecule has 19 heavy (non-hydrogen) atoms. The maximum absolute atomic E-state index is 12.0. The van der Waals surface area contributed by atoms with Crippen LogP contribution in [0.3, 0.4) is 0 Å². The minimum atomic E-state index is -0.109. The summed E-state index contributed by atoms with van der Waals surface area (Å²) in [6.45, 7) is 4.15. The molecule has 0 bridgehead atoms. The highest BCUT2D eigenvalue weighted by molar-refractivity contribution is 6.31. The molecule has 1 aromatic carbocycles. The molecule has 0 saturated heterocycles. The number of Topliss-reactive ketones (excluding diaryl/α,β-unsaturated/α-hetero) is 1. The molecule has 0 radical (unpaired) electrons. The Morgan fingerprint density at radius 2 is 2.05 bits per heavy atom. The van der Waals surface area contributed by atoms with Gasteiger partial charge >= 0.3 is 0 Å². The van der Waals surface area contributed by atoms with Gasteiger partial charge in [0, 0.05) is 13.0 Å². The lowest BCUT2D eigenvalue weighted by Crippen LogP contribution is -2.08. The summed E-state index contributed by atoms with van der Waals surface area (Å²) in [6, 6.07) is 6.54. The number of nitrogens with zero attached hydrogens (tertiary/aromatic N) is 2. The number of phenols is 1. The minimum Gasteiger partial charge on any atom is -0.507 e. The van der Waals surface area contributed by atoms with Gasteiger partial charge in [0.25, 0.3) is 0 Å². The van der Waals surface area contributed by atoms with Gasteiger partial charge in [0.2, 0.25) is 0 Å². The van der Waals surface area contributed by atoms with Gasteiger partial charge in [-0.2, -0.15) is 5.10 Å². The smallest absolute Gasteiger partial charge is 0.168 e. The van der Waals surface area contributed by atoms with Crippen LogP contribution in [0.5, 0.6) is 5.75 Å². The van der Waals surface area contributed by atoms with E-state index in [2.05, 4.69) is 5.10 Å². The molecule has 0 unspecified atom stereocenters. The van der Waals surface area contributed by atoms with Crippen LogP contribution in [0.15, 0.2) is 24.3 Å². The molecular formula is C14H15ClN2O2. The Balaban J connectivity index is 2.09. The van der Waals surface area contributed by atoms with Gasteiger partial charge in [0.1, 0.15) is 5.75 Å². The quantitative estimate of drug-likeness (QED) is 0.874. The summed E-state index contributed by atoms with van der Waals surface area (Å²) in [7, 11) is 0. The molecule has 0 fully saturated rings. The molecule has 0 amide bonds. The van der Waals surface area contributed by atoms with Gasteiger partial charge in [-0.3, -0.25) is 9.48 Å². The van der Waals surface area contributed by atoms with Gasteiger partial charge in [-0.15, -0.1) is 0 Å². The monoisotopic (exact) mass is 278 g/mol. The largest absolute Gasteiger partial charge is 0.507 e. The second-order valence-corrected chi connectivity index (χ2v) is 4.78. The number of aryl methyl sites for hydroxylation is 2. The zero-order valence-corrected chi connectivity index (χ0v) is 11.6. The first-order valence-corrected chi connectivity index (χ1v) is 6.39. The van der Waals surface area contributed by atoms with Crippen molar-refractivity contribution < 1.29 is 9.90 Å². The standard InChI is InChI=1S/C14H15ClN2O2/c1-9-14(15)10(2)17(16-9)8-7-13(19)11-5-3-4-6-12(11)18/h3-6,18H,7-8H2,1-2H3. The third kappa shape index (κ3) is 2.79. The molecule has 0 aliphatic rings. The van der Waals surface area contributed by atoms with Gasteiger partial charge in [-0.05, 0) is 26.0 Å². The molecule has 2 aromatic rings. The van der Waals surface area contributed by atoms with E-state index >= 15 is 0 Å². The second kappa shape index (κ2) is 5.45. The molecule has 0 aliphatic heterocycles. The summed E-state index contributed by atoms with van der Waals surface area (Å²) < 4.78 is 1.72. The van der Waals surface area contributed by atoms with Crippen molar-refractivity contribution >= 4 is 17.4 Å². The highest BCUT2D eigenvalue weighted by Crippen LogP contribution is 2.21. The molecule has 100 valence electrons. The second-order valence-electron chi connectivity index (χ2n) is 4.40. The van der Waals surface area contributed by atoms with E-state index in [1.165, 1.54) is 6.07 Å². The first kappa shape index (κ1) is 13.6. The number of halogens is 1. The molecule has 0 aliphatic carbocycles. The average molecular weight is 279 g/mol. The van der Waals surface area contributed by atoms with Crippen molar-refractivity contribution in [3.05, 3.63) is 46.2 Å². The third-order valence-corrected chi connectivity index (χ3v) is 3.60. The number of aromatic nitrogens is 2. The van der Waals surface area contributed by atoms with E-state index in [4.69, 9.17) is 11.6 Å². The van der Waals surface area contributed by atoms with Crippen molar-refractivity contribution in [1.82, 2.24) is 9.78 Å². The molecule has 2 rings (SSSR count). The van der Waals surface area contributed by atoms with E-state index in [0.717, 1.165) is 11.4 Å². The molecule has 1 aromatic heterocycles. The van der Waals surface area contributed by atoms with E-state index in [1.807, 2.05) is 13.8 Å². The zero-order chi connectivity index (χ0) is 14.0. The van der Waals surface area contributed by atoms with E-state index < -0.39 is 0 Å². The topological polar surface area (TPSA) is 55.1 Å². The summed E-state index contributed by atoms with van der Waals surface area (Å²) in [5.41, 5.74) is 1.95. The number of ketones is 1. The van der Waals surface area contributed by atoms with Gasteiger partial charge < -0.3 is 5.11 Å². The number of hydrogen-bond donors (Lipinski definition) is 1. The Hall–Kier alpha value is -1.81. The highest BCUT2D eigenvalue weighted by atomic mass is 35.5. The summed E-state index contributed by atoms with van der Waals surface area (Å²) in [6.07, 6.45) is 0.274. The molecule has 1 heterocycles. The number of carbonyl (C=O) groups excluding carboxylic acids is 1. The fourth-order valence-corrected chi connectivity index (χ4v) is 2.08. The van der Waals surface area contributed by atoms with Crippen LogP contribution >= 0.6 is 11.6 Å². The molecule has 5 heteroatoms. The Morgan fingerprint density at radius 3 is 2.63 bits per heavy atom. The van der Waals surface area contributed by atoms with Gasteiger partial charge in [-0.25, -0.2) is 0 Å². The molecule has 1 N–H and O–H groups in total. The molecule has 0 saturated carbocycles. The van der Waals surface area contributed by atoms with Crippen molar-refractivity contribution in [2.24, 2.45) is 0 Å². The number of hydrogen-bond acceptors (Lipinski definition) is 3. The van der Waals surface area contributed by atoms with Crippen LogP contribution in [-0.4, -0.2) is 20.7 Å². The lowest BCUT2D eigenvalue weighted by Gasteiger charge is -2.05. The molecular weight excluding hydrogens is 264 g/mol. The number of benzene rings is 1. The zero-order valence-electron chi connectivity index (χ0n) is 10.9. The van der Waals surface area contributed by atoms with Crippen molar-refractivity contribution in [2.45, 2.75) is 26.8 Å². The van der Waals surface area contributed by atoms with E-state index in [0.29, 0.717) is 17.1 Å². The van der Waals surface area contributed by atoms with Crippen LogP contribution in [0.1, 0.15) is 28.2 Å². The number of rotatable bonds is 4. The number of para-hydroxylation sites is 1. The summed E-state index contributed by atoms with van der Waals surface area (Å²) in [5, 5.41) is 14.5. The van der Waals surface area contributed by atoms with Crippen LogP contribution in [0, 0.1) is 13.8 Å². The van der Waals surface area contributed by atoms with Crippen molar-refractivity contribution in [3.8, 4) is 5.75 Å². The predicted octanol–water partition coefficient (Wildman–Crippen LogP) is 3.13. The highest BCUT2D eigenvalue weighted by Gasteiger charge is 2.13. The Bertz CT molecular complexity index is 620. The van der Waals surface area contributed by atoms with Gasteiger partial charge in [0.15, 0.2) is 5.78 Å². The van der Waals surface area contributed by atoms with Crippen LogP contribution in [0.2, 0.25) is 5.02 Å². The lowest BCUT2D eigenvalue weighted by molar-refractivity contribution is 0.0973. The Labute approximate surface area is 116 Å². The van der Waals surface area contributed by atoms with E-state index in [-0.39, 0.29) is 18.0 Å². The number of carbonyl (C=O) groups is 1. The SMILES string of the molecule is Cc1nn(CCC(=O)c2ccccc2O)c(C)c1Cl. The van der Waals surface area contributed by atoms with Crippen LogP contribution in [0.4, 0.5) is 0 Å². The first-order valence-electron chi connectivity index (χ1n) is 6.01. The Kier molecular flexibility index (Phi) is 3.90. The summed E-state index contributed by atoms with van der Waals surface area (Å²) in [5.74, 6) is -0.0966. The molecule has 0 spiro atoms. The lowest BCUT2D eigenvalue weighted by atomic mass is 10.1. The normalized spacial score (nSPS) is 10.7. The fourth-order valence-electron chi connectivity index (χ4n) is 1.94. The number of phenolic OH excluding ortho intramolecular Hbond substituents is 1. The summed E-state index contributed by atoms with van der Waals surface area (Å²) >= 11 is 6.05. The third-order valence-electron chi connectivity index (χ3n) is 3.05. The molecule has 0 atom stereocenters. The predicted molar refractivity (Wildman–Crippen MR) is 73.8 cm³/mol. The molecule has 4 nitrogen and oxygen atoms in total. The van der Waals surface area contributed by atoms with Crippen LogP contribution in [-0.2, 0) is 6.54 Å². The Morgan fingerprint density at radius 1 is 1.37 bits per heavy atom. The minimum absolute atomic E-state index is 0.0129.